The summed E-state index contributed by atoms with van der Waals surface area (Å²) in [6.45, 7) is 3.58. The first-order valence-electron chi connectivity index (χ1n) is 8.06. The van der Waals surface area contributed by atoms with E-state index in [0.29, 0.717) is 33.3 Å². The van der Waals surface area contributed by atoms with Gasteiger partial charge >= 0.3 is 0 Å². The first-order chi connectivity index (χ1) is 12.9. The lowest BCUT2D eigenvalue weighted by Crippen LogP contribution is -2.13. The molecule has 1 heterocycles. The second kappa shape index (κ2) is 7.55. The van der Waals surface area contributed by atoms with Crippen LogP contribution in [0, 0.1) is 24.0 Å². The van der Waals surface area contributed by atoms with E-state index in [1.165, 1.54) is 24.5 Å². The fourth-order valence-corrected chi connectivity index (χ4v) is 3.31. The van der Waals surface area contributed by atoms with Crippen LogP contribution in [0.1, 0.15) is 21.5 Å². The molecule has 0 aliphatic carbocycles. The molecule has 1 aromatic heterocycles. The van der Waals surface area contributed by atoms with Gasteiger partial charge < -0.3 is 4.74 Å². The molecule has 3 rings (SSSR count). The van der Waals surface area contributed by atoms with Crippen molar-refractivity contribution in [1.82, 2.24) is 4.98 Å². The zero-order chi connectivity index (χ0) is 19.6. The Morgan fingerprint density at radius 1 is 1.22 bits per heavy atom. The van der Waals surface area contributed by atoms with Crippen LogP contribution in [0.25, 0.3) is 11.3 Å². The maximum Gasteiger partial charge on any atom is 0.272 e. The number of nitro groups is 1. The van der Waals surface area contributed by atoms with Gasteiger partial charge in [-0.3, -0.25) is 20.2 Å². The number of hydrogen-bond acceptors (Lipinski definition) is 6. The Morgan fingerprint density at radius 3 is 2.70 bits per heavy atom. The summed E-state index contributed by atoms with van der Waals surface area (Å²) in [6, 6.07) is 10.3. The van der Waals surface area contributed by atoms with E-state index in [2.05, 4.69) is 10.3 Å². The minimum Gasteiger partial charge on any atom is -0.496 e. The number of thiazole rings is 1. The lowest BCUT2D eigenvalue weighted by atomic mass is 10.1. The number of nitrogens with zero attached hydrogens (tertiary/aromatic N) is 2. The van der Waals surface area contributed by atoms with Crippen LogP contribution in [0.2, 0.25) is 0 Å². The molecular formula is C19H17N3O4S. The topological polar surface area (TPSA) is 94.4 Å². The average Bonchev–Trinajstić information content (AvgIpc) is 3.10. The number of amides is 1. The van der Waals surface area contributed by atoms with Crippen molar-refractivity contribution in [3.8, 4) is 17.0 Å². The van der Waals surface area contributed by atoms with E-state index in [1.54, 1.807) is 36.6 Å². The molecule has 138 valence electrons. The number of aryl methyl sites for hydroxylation is 2. The van der Waals surface area contributed by atoms with Gasteiger partial charge in [0.1, 0.15) is 5.75 Å². The molecule has 0 radical (unpaired) electrons. The molecule has 0 fully saturated rings. The fraction of sp³-hybridized carbons (Fsp3) is 0.158. The van der Waals surface area contributed by atoms with Crippen molar-refractivity contribution in [2.75, 3.05) is 12.4 Å². The Labute approximate surface area is 159 Å². The predicted molar refractivity (Wildman–Crippen MR) is 105 cm³/mol. The van der Waals surface area contributed by atoms with Crippen LogP contribution >= 0.6 is 11.3 Å². The first-order valence-corrected chi connectivity index (χ1v) is 8.94. The molecule has 27 heavy (non-hydrogen) atoms. The maximum atomic E-state index is 12.6. The van der Waals surface area contributed by atoms with Crippen LogP contribution in [0.15, 0.2) is 41.8 Å². The van der Waals surface area contributed by atoms with Crippen LogP contribution < -0.4 is 10.1 Å². The third-order valence-corrected chi connectivity index (χ3v) is 4.78. The molecule has 2 aromatic carbocycles. The molecule has 7 nitrogen and oxygen atoms in total. The second-order valence-corrected chi connectivity index (χ2v) is 6.81. The Balaban J connectivity index is 1.85. The van der Waals surface area contributed by atoms with Crippen LogP contribution in [0.4, 0.5) is 10.8 Å². The molecule has 8 heteroatoms. The molecule has 0 atom stereocenters. The number of ether oxygens (including phenoxy) is 1. The van der Waals surface area contributed by atoms with Gasteiger partial charge in [0.05, 0.1) is 23.3 Å². The van der Waals surface area contributed by atoms with Gasteiger partial charge in [-0.2, -0.15) is 0 Å². The third-order valence-electron chi connectivity index (χ3n) is 4.03. The number of anilines is 1. The van der Waals surface area contributed by atoms with Crippen LogP contribution in [-0.2, 0) is 0 Å². The van der Waals surface area contributed by atoms with Crippen molar-refractivity contribution in [1.29, 1.82) is 0 Å². The standard InChI is InChI=1S/C19H17N3O4S/c1-11-4-7-17(26-3)14(8-11)18(23)21-19-20-15(10-27-19)13-6-5-12(2)16(9-13)22(24)25/h4-10H,1-3H3,(H,20,21,23). The van der Waals surface area contributed by atoms with E-state index in [1.807, 2.05) is 13.0 Å². The predicted octanol–water partition coefficient (Wildman–Crippen LogP) is 4.60. The van der Waals surface area contributed by atoms with Crippen LogP contribution in [0.5, 0.6) is 5.75 Å². The summed E-state index contributed by atoms with van der Waals surface area (Å²) in [5, 5.41) is 16.0. The summed E-state index contributed by atoms with van der Waals surface area (Å²) in [5.41, 5.74) is 3.16. The molecule has 0 spiro atoms. The zero-order valence-electron chi connectivity index (χ0n) is 15.0. The number of carbonyl (C=O) groups excluding carboxylic acids is 1. The molecule has 0 bridgehead atoms. The van der Waals surface area contributed by atoms with E-state index >= 15 is 0 Å². The number of rotatable bonds is 5. The molecule has 3 aromatic rings. The van der Waals surface area contributed by atoms with Crippen LogP contribution in [-0.4, -0.2) is 22.9 Å². The Morgan fingerprint density at radius 2 is 2.00 bits per heavy atom. The second-order valence-electron chi connectivity index (χ2n) is 5.95. The zero-order valence-corrected chi connectivity index (χ0v) is 15.8. The first kappa shape index (κ1) is 18.5. The summed E-state index contributed by atoms with van der Waals surface area (Å²) >= 11 is 1.25. The van der Waals surface area contributed by atoms with Crippen molar-refractivity contribution in [3.05, 3.63) is 68.6 Å². The number of aromatic nitrogens is 1. The van der Waals surface area contributed by atoms with Gasteiger partial charge in [-0.25, -0.2) is 4.98 Å². The van der Waals surface area contributed by atoms with Gasteiger partial charge in [0, 0.05) is 22.6 Å². The number of methoxy groups -OCH3 is 1. The van der Waals surface area contributed by atoms with Gasteiger partial charge in [0.2, 0.25) is 0 Å². The van der Waals surface area contributed by atoms with Crippen molar-refractivity contribution >= 4 is 28.1 Å². The highest BCUT2D eigenvalue weighted by atomic mass is 32.1. The summed E-state index contributed by atoms with van der Waals surface area (Å²) in [7, 11) is 1.51. The molecule has 0 aliphatic heterocycles. The molecule has 0 saturated heterocycles. The van der Waals surface area contributed by atoms with E-state index < -0.39 is 4.92 Å². The van der Waals surface area contributed by atoms with E-state index in [4.69, 9.17) is 4.74 Å². The number of carbonyl (C=O) groups is 1. The molecule has 0 unspecified atom stereocenters. The SMILES string of the molecule is COc1ccc(C)cc1C(=O)Nc1nc(-c2ccc(C)c([N+](=O)[O-])c2)cs1. The maximum absolute atomic E-state index is 12.6. The summed E-state index contributed by atoms with van der Waals surface area (Å²) in [4.78, 5) is 27.6. The molecule has 1 N–H and O–H groups in total. The largest absolute Gasteiger partial charge is 0.496 e. The highest BCUT2D eigenvalue weighted by Crippen LogP contribution is 2.30. The fourth-order valence-electron chi connectivity index (χ4n) is 2.59. The lowest BCUT2D eigenvalue weighted by molar-refractivity contribution is -0.385. The molecule has 0 saturated carbocycles. The molecular weight excluding hydrogens is 366 g/mol. The minimum atomic E-state index is -0.419. The highest BCUT2D eigenvalue weighted by Gasteiger charge is 2.16. The minimum absolute atomic E-state index is 0.0376. The van der Waals surface area contributed by atoms with Gasteiger partial charge in [-0.15, -0.1) is 11.3 Å². The number of hydrogen-bond donors (Lipinski definition) is 1. The van der Waals surface area contributed by atoms with Gasteiger partial charge in [0.15, 0.2) is 5.13 Å². The summed E-state index contributed by atoms with van der Waals surface area (Å²) in [6.07, 6.45) is 0. The lowest BCUT2D eigenvalue weighted by Gasteiger charge is -2.08. The molecule has 1 amide bonds. The van der Waals surface area contributed by atoms with Gasteiger partial charge in [-0.05, 0) is 26.0 Å². The summed E-state index contributed by atoms with van der Waals surface area (Å²) in [5.74, 6) is 0.148. The van der Waals surface area contributed by atoms with Crippen LogP contribution in [0.3, 0.4) is 0 Å². The van der Waals surface area contributed by atoms with Crippen molar-refractivity contribution in [2.45, 2.75) is 13.8 Å². The highest BCUT2D eigenvalue weighted by molar-refractivity contribution is 7.14. The number of nitro benzene ring substituents is 1. The quantitative estimate of drug-likeness (QED) is 0.513. The van der Waals surface area contributed by atoms with Crippen molar-refractivity contribution in [2.24, 2.45) is 0 Å². The van der Waals surface area contributed by atoms with Gasteiger partial charge in [-0.1, -0.05) is 23.8 Å². The average molecular weight is 383 g/mol. The number of nitrogens with one attached hydrogen (secondary N) is 1. The smallest absolute Gasteiger partial charge is 0.272 e. The summed E-state index contributed by atoms with van der Waals surface area (Å²) < 4.78 is 5.24. The van der Waals surface area contributed by atoms with Gasteiger partial charge in [0.25, 0.3) is 11.6 Å². The third kappa shape index (κ3) is 3.95. The normalized spacial score (nSPS) is 10.5. The Hall–Kier alpha value is -3.26. The van der Waals surface area contributed by atoms with Crippen molar-refractivity contribution < 1.29 is 14.5 Å². The monoisotopic (exact) mass is 383 g/mol. The number of benzene rings is 2. The Kier molecular flexibility index (Phi) is 5.18. The van der Waals surface area contributed by atoms with E-state index in [-0.39, 0.29) is 11.6 Å². The van der Waals surface area contributed by atoms with Crippen molar-refractivity contribution in [3.63, 3.8) is 0 Å². The van der Waals surface area contributed by atoms with E-state index in [9.17, 15) is 14.9 Å². The Bertz CT molecular complexity index is 1030. The van der Waals surface area contributed by atoms with E-state index in [0.717, 1.165) is 5.56 Å². The molecule has 0 aliphatic rings.